The lowest BCUT2D eigenvalue weighted by Gasteiger charge is -2.20. The second kappa shape index (κ2) is 35.3. The summed E-state index contributed by atoms with van der Waals surface area (Å²) in [6.07, 6.45) is 27.0. The van der Waals surface area contributed by atoms with Gasteiger partial charge < -0.3 is 34.8 Å². The predicted octanol–water partition coefficient (Wildman–Crippen LogP) is 7.96. The highest BCUT2D eigenvalue weighted by atomic mass is 31.2. The number of hydrogen-bond donors (Lipinski definition) is 5. The van der Waals surface area contributed by atoms with Crippen LogP contribution in [-0.4, -0.2) is 88.1 Å². The van der Waals surface area contributed by atoms with Crippen LogP contribution in [-0.2, 0) is 32.7 Å². The fourth-order valence-corrected chi connectivity index (χ4v) is 5.94. The van der Waals surface area contributed by atoms with E-state index in [0.29, 0.717) is 12.8 Å². The van der Waals surface area contributed by atoms with Crippen molar-refractivity contribution in [2.45, 2.75) is 167 Å². The van der Waals surface area contributed by atoms with Gasteiger partial charge in [0, 0.05) is 12.8 Å². The first kappa shape index (κ1) is 51.9. The molecule has 0 saturated heterocycles. The Bertz CT molecular complexity index is 1090. The Morgan fingerprint density at radius 2 is 1.15 bits per heavy atom. The Hall–Kier alpha value is -2.15. The van der Waals surface area contributed by atoms with Crippen molar-refractivity contribution >= 4 is 19.8 Å². The van der Waals surface area contributed by atoms with E-state index in [1.807, 2.05) is 18.2 Å². The van der Waals surface area contributed by atoms with Gasteiger partial charge >= 0.3 is 19.8 Å². The fourth-order valence-electron chi connectivity index (χ4n) is 5.15. The van der Waals surface area contributed by atoms with Crippen LogP contribution in [0.3, 0.4) is 0 Å². The van der Waals surface area contributed by atoms with Crippen molar-refractivity contribution < 1.29 is 58.0 Å². The smallest absolute Gasteiger partial charge is 0.462 e. The molecular weight excluding hydrogens is 715 g/mol. The molecule has 314 valence electrons. The second-order valence-electron chi connectivity index (χ2n) is 14.1. The molecule has 13 heteroatoms. The van der Waals surface area contributed by atoms with E-state index in [0.717, 1.165) is 44.4 Å². The van der Waals surface area contributed by atoms with Crippen LogP contribution >= 0.6 is 7.82 Å². The summed E-state index contributed by atoms with van der Waals surface area (Å²) in [5.41, 5.74) is 0. The minimum Gasteiger partial charge on any atom is -0.462 e. The molecule has 5 N–H and O–H groups in total. The maximum absolute atomic E-state index is 12.6. The average Bonchev–Trinajstić information content (AvgIpc) is 3.14. The fraction of sp³-hybridized carbons (Fsp3) is 0.756. The zero-order valence-electron chi connectivity index (χ0n) is 33.3. The minimum absolute atomic E-state index is 0.0755. The molecule has 0 aliphatic carbocycles. The summed E-state index contributed by atoms with van der Waals surface area (Å²) in [5.74, 6) is -0.464. The highest BCUT2D eigenvalue weighted by molar-refractivity contribution is 7.47. The zero-order chi connectivity index (χ0) is 40.3. The van der Waals surface area contributed by atoms with Gasteiger partial charge in [-0.05, 0) is 57.3 Å². The van der Waals surface area contributed by atoms with Gasteiger partial charge in [0.15, 0.2) is 6.10 Å². The van der Waals surface area contributed by atoms with Gasteiger partial charge in [-0.15, -0.1) is 0 Å². The molecule has 0 aliphatic heterocycles. The van der Waals surface area contributed by atoms with E-state index in [2.05, 4.69) is 55.7 Å². The molecule has 0 rings (SSSR count). The molecule has 0 heterocycles. The Labute approximate surface area is 325 Å². The number of allylic oxidation sites excluding steroid dienone is 7. The number of unbranched alkanes of at least 4 members (excludes halogenated alkanes) is 8. The number of aliphatic hydroxyl groups is 4. The van der Waals surface area contributed by atoms with Crippen LogP contribution in [0, 0.1) is 5.92 Å². The molecule has 12 nitrogen and oxygen atoms in total. The first-order valence-corrected chi connectivity index (χ1v) is 21.6. The van der Waals surface area contributed by atoms with Crippen molar-refractivity contribution in [3.05, 3.63) is 48.6 Å². The number of hydrogen-bond acceptors (Lipinski definition) is 11. The summed E-state index contributed by atoms with van der Waals surface area (Å²) in [4.78, 5) is 34.9. The van der Waals surface area contributed by atoms with Crippen molar-refractivity contribution in [2.75, 3.05) is 26.4 Å². The highest BCUT2D eigenvalue weighted by Gasteiger charge is 2.27. The number of phosphoric ester groups is 1. The van der Waals surface area contributed by atoms with Gasteiger partial charge in [0.25, 0.3) is 0 Å². The molecule has 1 unspecified atom stereocenters. The number of carbonyl (C=O) groups is 2. The van der Waals surface area contributed by atoms with E-state index in [-0.39, 0.29) is 32.1 Å². The summed E-state index contributed by atoms with van der Waals surface area (Å²) >= 11 is 0. The molecule has 0 radical (unpaired) electrons. The average molecular weight is 789 g/mol. The predicted molar refractivity (Wildman–Crippen MR) is 212 cm³/mol. The Balaban J connectivity index is 4.59. The lowest BCUT2D eigenvalue weighted by molar-refractivity contribution is -0.161. The highest BCUT2D eigenvalue weighted by Crippen LogP contribution is 2.43. The number of aliphatic hydroxyl groups excluding tert-OH is 4. The van der Waals surface area contributed by atoms with E-state index >= 15 is 0 Å². The zero-order valence-corrected chi connectivity index (χ0v) is 34.2. The third kappa shape index (κ3) is 34.3. The number of ether oxygens (including phenoxy) is 2. The molecule has 0 amide bonds. The molecule has 54 heavy (non-hydrogen) atoms. The van der Waals surface area contributed by atoms with E-state index in [9.17, 15) is 34.4 Å². The van der Waals surface area contributed by atoms with E-state index in [1.165, 1.54) is 38.5 Å². The monoisotopic (exact) mass is 788 g/mol. The van der Waals surface area contributed by atoms with Crippen LogP contribution in [0.4, 0.5) is 0 Å². The van der Waals surface area contributed by atoms with Gasteiger partial charge in [0.1, 0.15) is 12.7 Å². The molecule has 0 aromatic heterocycles. The summed E-state index contributed by atoms with van der Waals surface area (Å²) in [6.45, 7) is 4.18. The van der Waals surface area contributed by atoms with Crippen LogP contribution < -0.4 is 0 Å². The molecule has 0 aromatic carbocycles. The maximum Gasteiger partial charge on any atom is 0.472 e. The van der Waals surface area contributed by atoms with E-state index < -0.39 is 70.6 Å². The molecular formula is C41H73O12P. The Morgan fingerprint density at radius 3 is 1.72 bits per heavy atom. The minimum atomic E-state index is -4.68. The summed E-state index contributed by atoms with van der Waals surface area (Å²) < 4.78 is 32.4. The van der Waals surface area contributed by atoms with Crippen molar-refractivity contribution in [2.24, 2.45) is 5.92 Å². The Morgan fingerprint density at radius 1 is 0.630 bits per heavy atom. The standard InChI is InChI=1S/C41H73O12P/c1-4-5-6-7-8-9-10-11-14-17-20-23-27-38(44)39(45)28-25-30-40(46)50-33-37(34-52-54(48,49)51-32-36(43)31-42)53-41(47)29-24-21-18-15-12-13-16-19-22-26-35(2)3/h5-6,8-9,11,14,20,23,35-39,42-45H,4,7,10,12-13,15-19,21-22,24-34H2,1-3H3,(H,48,49)/b6-5-,9-8-,14-11-,23-20-/t36-,37+,38-,39-/m0/s1. The maximum atomic E-state index is 12.6. The van der Waals surface area contributed by atoms with Crippen molar-refractivity contribution in [1.29, 1.82) is 0 Å². The summed E-state index contributed by atoms with van der Waals surface area (Å²) in [5, 5.41) is 38.9. The molecule has 0 aliphatic rings. The first-order valence-electron chi connectivity index (χ1n) is 20.1. The number of esters is 2. The molecule has 0 aromatic rings. The van der Waals surface area contributed by atoms with Crippen LogP contribution in [0.15, 0.2) is 48.6 Å². The number of phosphoric acid groups is 1. The number of carbonyl (C=O) groups excluding carboxylic acids is 2. The van der Waals surface area contributed by atoms with Gasteiger partial charge in [0.2, 0.25) is 0 Å². The van der Waals surface area contributed by atoms with Crippen molar-refractivity contribution in [3.8, 4) is 0 Å². The van der Waals surface area contributed by atoms with Gasteiger partial charge in [-0.25, -0.2) is 4.57 Å². The third-order valence-electron chi connectivity index (χ3n) is 8.38. The normalized spacial score (nSPS) is 15.7. The second-order valence-corrected chi connectivity index (χ2v) is 15.5. The van der Waals surface area contributed by atoms with Crippen molar-refractivity contribution in [1.82, 2.24) is 0 Å². The molecule has 0 fully saturated rings. The van der Waals surface area contributed by atoms with Gasteiger partial charge in [-0.1, -0.05) is 127 Å². The van der Waals surface area contributed by atoms with Crippen LogP contribution in [0.1, 0.15) is 143 Å². The first-order chi connectivity index (χ1) is 25.9. The number of rotatable bonds is 36. The van der Waals surface area contributed by atoms with Gasteiger partial charge in [-0.3, -0.25) is 18.6 Å². The summed E-state index contributed by atoms with van der Waals surface area (Å²) in [7, 11) is -4.68. The lowest BCUT2D eigenvalue weighted by Crippen LogP contribution is -2.30. The molecule has 0 bridgehead atoms. The third-order valence-corrected chi connectivity index (χ3v) is 9.33. The summed E-state index contributed by atoms with van der Waals surface area (Å²) in [6, 6.07) is 0. The van der Waals surface area contributed by atoms with E-state index in [4.69, 9.17) is 19.1 Å². The molecule has 0 spiro atoms. The van der Waals surface area contributed by atoms with Crippen LogP contribution in [0.2, 0.25) is 0 Å². The van der Waals surface area contributed by atoms with Gasteiger partial charge in [-0.2, -0.15) is 0 Å². The SMILES string of the molecule is CC/C=C\C/C=C\C/C=C\C/C=C\C[C@H](O)[C@@H](O)CCCC(=O)OC[C@H](COP(=O)(O)OC[C@@H](O)CO)OC(=O)CCCCCCCCCCCC(C)C. The van der Waals surface area contributed by atoms with E-state index in [1.54, 1.807) is 0 Å². The van der Waals surface area contributed by atoms with Crippen molar-refractivity contribution in [3.63, 3.8) is 0 Å². The van der Waals surface area contributed by atoms with Gasteiger partial charge in [0.05, 0.1) is 32.0 Å². The Kier molecular flexibility index (Phi) is 33.9. The lowest BCUT2D eigenvalue weighted by atomic mass is 10.0. The largest absolute Gasteiger partial charge is 0.472 e. The topological polar surface area (TPSA) is 189 Å². The molecule has 0 saturated carbocycles. The van der Waals surface area contributed by atoms with Crippen LogP contribution in [0.25, 0.3) is 0 Å². The van der Waals surface area contributed by atoms with Crippen LogP contribution in [0.5, 0.6) is 0 Å². The quantitative estimate of drug-likeness (QED) is 0.0179. The molecule has 5 atom stereocenters.